The van der Waals surface area contributed by atoms with Gasteiger partial charge in [-0.25, -0.2) is 0 Å². The molecule has 0 radical (unpaired) electrons. The fourth-order valence-electron chi connectivity index (χ4n) is 2.28. The van der Waals surface area contributed by atoms with E-state index in [2.05, 4.69) is 10.5 Å². The standard InChI is InChI=1S/C12H16F3N3O2/c1-8-5-10(17-20-8)16-11(19)7-18-4-2-3-9(6-18)12(13,14)15/h5,9H,2-4,6-7H2,1H3,(H,16,17,19). The molecule has 1 aromatic heterocycles. The summed E-state index contributed by atoms with van der Waals surface area (Å²) in [6, 6.07) is 1.55. The van der Waals surface area contributed by atoms with E-state index in [1.54, 1.807) is 13.0 Å². The van der Waals surface area contributed by atoms with E-state index in [9.17, 15) is 18.0 Å². The molecule has 20 heavy (non-hydrogen) atoms. The third-order valence-corrected chi connectivity index (χ3v) is 3.23. The van der Waals surface area contributed by atoms with Crippen molar-refractivity contribution in [1.29, 1.82) is 0 Å². The van der Waals surface area contributed by atoms with Crippen molar-refractivity contribution in [2.45, 2.75) is 25.9 Å². The van der Waals surface area contributed by atoms with Gasteiger partial charge in [0.1, 0.15) is 5.76 Å². The minimum Gasteiger partial charge on any atom is -0.360 e. The van der Waals surface area contributed by atoms with Gasteiger partial charge in [-0.3, -0.25) is 9.69 Å². The highest BCUT2D eigenvalue weighted by Gasteiger charge is 2.41. The lowest BCUT2D eigenvalue weighted by Gasteiger charge is -2.33. The smallest absolute Gasteiger partial charge is 0.360 e. The van der Waals surface area contributed by atoms with Crippen LogP contribution in [0.2, 0.25) is 0 Å². The normalized spacial score (nSPS) is 20.9. The molecule has 5 nitrogen and oxygen atoms in total. The largest absolute Gasteiger partial charge is 0.393 e. The predicted octanol–water partition coefficient (Wildman–Crippen LogP) is 2.20. The van der Waals surface area contributed by atoms with Gasteiger partial charge in [0.05, 0.1) is 12.5 Å². The summed E-state index contributed by atoms with van der Waals surface area (Å²) in [6.07, 6.45) is -3.62. The van der Waals surface area contributed by atoms with E-state index in [1.165, 1.54) is 4.90 Å². The highest BCUT2D eigenvalue weighted by molar-refractivity contribution is 5.91. The summed E-state index contributed by atoms with van der Waals surface area (Å²) in [6.45, 7) is 1.98. The van der Waals surface area contributed by atoms with Crippen LogP contribution < -0.4 is 5.32 Å². The molecule has 1 atom stereocenters. The van der Waals surface area contributed by atoms with Gasteiger partial charge in [0.25, 0.3) is 0 Å². The fourth-order valence-corrected chi connectivity index (χ4v) is 2.28. The number of carbonyl (C=O) groups is 1. The number of halogens is 3. The van der Waals surface area contributed by atoms with E-state index < -0.39 is 12.1 Å². The van der Waals surface area contributed by atoms with Gasteiger partial charge >= 0.3 is 6.18 Å². The first kappa shape index (κ1) is 14.8. The topological polar surface area (TPSA) is 58.4 Å². The molecular weight excluding hydrogens is 275 g/mol. The zero-order chi connectivity index (χ0) is 14.8. The lowest BCUT2D eigenvalue weighted by molar-refractivity contribution is -0.186. The third kappa shape index (κ3) is 3.96. The quantitative estimate of drug-likeness (QED) is 0.927. The van der Waals surface area contributed by atoms with Gasteiger partial charge in [-0.05, 0) is 26.3 Å². The van der Waals surface area contributed by atoms with E-state index in [-0.39, 0.29) is 31.2 Å². The molecule has 1 saturated heterocycles. The van der Waals surface area contributed by atoms with Crippen molar-refractivity contribution < 1.29 is 22.5 Å². The Labute approximate surface area is 114 Å². The fraction of sp³-hybridized carbons (Fsp3) is 0.667. The van der Waals surface area contributed by atoms with Gasteiger partial charge in [0.15, 0.2) is 5.82 Å². The molecule has 0 aromatic carbocycles. The minimum atomic E-state index is -4.20. The second-order valence-electron chi connectivity index (χ2n) is 4.99. The van der Waals surface area contributed by atoms with Crippen molar-refractivity contribution >= 4 is 11.7 Å². The maximum atomic E-state index is 12.7. The van der Waals surface area contributed by atoms with Gasteiger partial charge in [-0.2, -0.15) is 13.2 Å². The number of hydrogen-bond donors (Lipinski definition) is 1. The predicted molar refractivity (Wildman–Crippen MR) is 65.1 cm³/mol. The second-order valence-corrected chi connectivity index (χ2v) is 4.99. The van der Waals surface area contributed by atoms with Crippen LogP contribution in [0.15, 0.2) is 10.6 Å². The molecule has 0 aliphatic carbocycles. The Bertz CT molecular complexity index is 473. The SMILES string of the molecule is Cc1cc(NC(=O)CN2CCCC(C(F)(F)F)C2)no1. The average molecular weight is 291 g/mol. The lowest BCUT2D eigenvalue weighted by atomic mass is 9.97. The molecular formula is C12H16F3N3O2. The molecule has 1 aliphatic rings. The van der Waals surface area contributed by atoms with Crippen LogP contribution >= 0.6 is 0 Å². The van der Waals surface area contributed by atoms with Gasteiger partial charge in [-0.15, -0.1) is 0 Å². The number of nitrogens with one attached hydrogen (secondary N) is 1. The summed E-state index contributed by atoms with van der Waals surface area (Å²) >= 11 is 0. The van der Waals surface area contributed by atoms with Crippen molar-refractivity contribution in [3.8, 4) is 0 Å². The highest BCUT2D eigenvalue weighted by Crippen LogP contribution is 2.32. The molecule has 0 saturated carbocycles. The van der Waals surface area contributed by atoms with Gasteiger partial charge in [0.2, 0.25) is 5.91 Å². The monoisotopic (exact) mass is 291 g/mol. The van der Waals surface area contributed by atoms with Crippen LogP contribution in [0.25, 0.3) is 0 Å². The summed E-state index contributed by atoms with van der Waals surface area (Å²) in [7, 11) is 0. The molecule has 1 amide bonds. The maximum Gasteiger partial charge on any atom is 0.393 e. The number of amides is 1. The van der Waals surface area contributed by atoms with Crippen molar-refractivity contribution in [3.05, 3.63) is 11.8 Å². The number of aryl methyl sites for hydroxylation is 1. The molecule has 1 fully saturated rings. The van der Waals surface area contributed by atoms with E-state index in [1.807, 2.05) is 0 Å². The van der Waals surface area contributed by atoms with E-state index in [4.69, 9.17) is 4.52 Å². The molecule has 112 valence electrons. The minimum absolute atomic E-state index is 0.0709. The second kappa shape index (κ2) is 5.82. The summed E-state index contributed by atoms with van der Waals surface area (Å²) in [5.74, 6) is -0.910. The summed E-state index contributed by atoms with van der Waals surface area (Å²) in [5.41, 5.74) is 0. The molecule has 1 aliphatic heterocycles. The number of aromatic nitrogens is 1. The molecule has 1 aromatic rings. The Balaban J connectivity index is 1.85. The van der Waals surface area contributed by atoms with Gasteiger partial charge in [-0.1, -0.05) is 5.16 Å². The Morgan fingerprint density at radius 1 is 1.60 bits per heavy atom. The van der Waals surface area contributed by atoms with E-state index >= 15 is 0 Å². The highest BCUT2D eigenvalue weighted by atomic mass is 19.4. The number of hydrogen-bond acceptors (Lipinski definition) is 4. The van der Waals surface area contributed by atoms with Crippen LogP contribution in [0.1, 0.15) is 18.6 Å². The molecule has 1 unspecified atom stereocenters. The molecule has 0 bridgehead atoms. The molecule has 2 rings (SSSR count). The van der Waals surface area contributed by atoms with Crippen LogP contribution in [0.3, 0.4) is 0 Å². The van der Waals surface area contributed by atoms with Crippen molar-refractivity contribution in [2.24, 2.45) is 5.92 Å². The van der Waals surface area contributed by atoms with Crippen LogP contribution in [0.5, 0.6) is 0 Å². The Morgan fingerprint density at radius 2 is 2.35 bits per heavy atom. The number of anilines is 1. The van der Waals surface area contributed by atoms with E-state index in [0.29, 0.717) is 18.7 Å². The zero-order valence-corrected chi connectivity index (χ0v) is 11.0. The first-order valence-corrected chi connectivity index (χ1v) is 6.37. The van der Waals surface area contributed by atoms with Crippen molar-refractivity contribution in [3.63, 3.8) is 0 Å². The van der Waals surface area contributed by atoms with Crippen LogP contribution in [-0.4, -0.2) is 41.8 Å². The van der Waals surface area contributed by atoms with Crippen molar-refractivity contribution in [2.75, 3.05) is 25.0 Å². The van der Waals surface area contributed by atoms with E-state index in [0.717, 1.165) is 0 Å². The number of nitrogens with zero attached hydrogens (tertiary/aromatic N) is 2. The third-order valence-electron chi connectivity index (χ3n) is 3.23. The van der Waals surface area contributed by atoms with Gasteiger partial charge < -0.3 is 9.84 Å². The number of carbonyl (C=O) groups excluding carboxylic acids is 1. The van der Waals surface area contributed by atoms with Crippen LogP contribution in [0, 0.1) is 12.8 Å². The Morgan fingerprint density at radius 3 is 2.95 bits per heavy atom. The number of likely N-dealkylation sites (tertiary alicyclic amines) is 1. The first-order valence-electron chi connectivity index (χ1n) is 6.37. The van der Waals surface area contributed by atoms with Gasteiger partial charge in [0, 0.05) is 12.6 Å². The summed E-state index contributed by atoms with van der Waals surface area (Å²) in [5, 5.41) is 6.09. The maximum absolute atomic E-state index is 12.7. The first-order chi connectivity index (χ1) is 9.34. The Hall–Kier alpha value is -1.57. The van der Waals surface area contributed by atoms with Crippen LogP contribution in [0.4, 0.5) is 19.0 Å². The molecule has 0 spiro atoms. The summed E-state index contributed by atoms with van der Waals surface area (Å²) in [4.78, 5) is 13.2. The van der Waals surface area contributed by atoms with Crippen molar-refractivity contribution in [1.82, 2.24) is 10.1 Å². The number of rotatable bonds is 3. The Kier molecular flexibility index (Phi) is 4.32. The zero-order valence-electron chi connectivity index (χ0n) is 11.0. The molecule has 2 heterocycles. The summed E-state index contributed by atoms with van der Waals surface area (Å²) < 4.78 is 42.7. The lowest BCUT2D eigenvalue weighted by Crippen LogP contribution is -2.44. The number of alkyl halides is 3. The molecule has 1 N–H and O–H groups in total. The molecule has 8 heteroatoms. The van der Waals surface area contributed by atoms with Crippen LogP contribution in [-0.2, 0) is 4.79 Å². The number of piperidine rings is 1. The average Bonchev–Trinajstić information content (AvgIpc) is 2.73.